The highest BCUT2D eigenvalue weighted by Gasteiger charge is 2.17. The van der Waals surface area contributed by atoms with Crippen molar-refractivity contribution in [3.8, 4) is 0 Å². The van der Waals surface area contributed by atoms with Crippen LogP contribution in [0.25, 0.3) is 0 Å². The maximum absolute atomic E-state index is 11.2. The van der Waals surface area contributed by atoms with Gasteiger partial charge < -0.3 is 20.6 Å². The summed E-state index contributed by atoms with van der Waals surface area (Å²) in [5.41, 5.74) is 3.33. The average molecular weight is 249 g/mol. The topological polar surface area (TPSA) is 64.6 Å². The first-order valence-electron chi connectivity index (χ1n) is 6.15. The predicted octanol–water partition coefficient (Wildman–Crippen LogP) is 1.14. The highest BCUT2D eigenvalue weighted by atomic mass is 16.4. The molecule has 3 N–H and O–H groups in total. The van der Waals surface area contributed by atoms with Gasteiger partial charge in [-0.3, -0.25) is 0 Å². The van der Waals surface area contributed by atoms with Crippen molar-refractivity contribution in [3.05, 3.63) is 23.3 Å². The number of rotatable bonds is 3. The second-order valence-electron chi connectivity index (χ2n) is 4.46. The lowest BCUT2D eigenvalue weighted by Gasteiger charge is -2.31. The van der Waals surface area contributed by atoms with Crippen LogP contribution in [0.2, 0.25) is 0 Å². The summed E-state index contributed by atoms with van der Waals surface area (Å²) in [4.78, 5) is 13.4. The minimum absolute atomic E-state index is 0.332. The fraction of sp³-hybridized carbons (Fsp3) is 0.462. The van der Waals surface area contributed by atoms with Crippen LogP contribution in [0.3, 0.4) is 0 Å². The van der Waals surface area contributed by atoms with Gasteiger partial charge in [-0.15, -0.1) is 0 Å². The van der Waals surface area contributed by atoms with Crippen molar-refractivity contribution in [2.24, 2.45) is 0 Å². The van der Waals surface area contributed by atoms with E-state index < -0.39 is 5.97 Å². The summed E-state index contributed by atoms with van der Waals surface area (Å²) < 4.78 is 0. The Kier molecular flexibility index (Phi) is 3.72. The van der Waals surface area contributed by atoms with E-state index in [-0.39, 0.29) is 0 Å². The summed E-state index contributed by atoms with van der Waals surface area (Å²) in [7, 11) is 1.81. The van der Waals surface area contributed by atoms with E-state index in [1.807, 2.05) is 14.0 Å². The van der Waals surface area contributed by atoms with E-state index in [1.54, 1.807) is 12.1 Å². The van der Waals surface area contributed by atoms with Gasteiger partial charge in [0.15, 0.2) is 0 Å². The SMILES string of the molecule is CNc1cc(C(=O)O)cc(N2CCNCC2)c1C. The molecule has 18 heavy (non-hydrogen) atoms. The molecule has 0 saturated carbocycles. The molecule has 1 aromatic rings. The maximum atomic E-state index is 11.2. The van der Waals surface area contributed by atoms with Crippen LogP contribution in [-0.4, -0.2) is 44.3 Å². The number of carboxylic acids is 1. The standard InChI is InChI=1S/C13H19N3O2/c1-9-11(14-2)7-10(13(17)18)8-12(9)16-5-3-15-4-6-16/h7-8,14-15H,3-6H2,1-2H3,(H,17,18). The lowest BCUT2D eigenvalue weighted by atomic mass is 10.1. The van der Waals surface area contributed by atoms with Gasteiger partial charge in [-0.1, -0.05) is 0 Å². The van der Waals surface area contributed by atoms with Crippen LogP contribution >= 0.6 is 0 Å². The Morgan fingerprint density at radius 1 is 1.39 bits per heavy atom. The van der Waals surface area contributed by atoms with Crippen molar-refractivity contribution >= 4 is 17.3 Å². The third-order valence-electron chi connectivity index (χ3n) is 3.35. The zero-order valence-corrected chi connectivity index (χ0v) is 10.8. The molecule has 5 nitrogen and oxygen atoms in total. The molecule has 98 valence electrons. The monoisotopic (exact) mass is 249 g/mol. The first-order valence-corrected chi connectivity index (χ1v) is 6.15. The number of hydrogen-bond acceptors (Lipinski definition) is 4. The number of nitrogens with one attached hydrogen (secondary N) is 2. The quantitative estimate of drug-likeness (QED) is 0.750. The number of anilines is 2. The largest absolute Gasteiger partial charge is 0.478 e. The smallest absolute Gasteiger partial charge is 0.335 e. The molecule has 0 amide bonds. The summed E-state index contributed by atoms with van der Waals surface area (Å²) in [6.45, 7) is 5.71. The lowest BCUT2D eigenvalue weighted by molar-refractivity contribution is 0.0697. The Hall–Kier alpha value is -1.75. The minimum atomic E-state index is -0.886. The van der Waals surface area contributed by atoms with Crippen molar-refractivity contribution < 1.29 is 9.90 Å². The number of piperazine rings is 1. The summed E-state index contributed by atoms with van der Waals surface area (Å²) in [6, 6.07) is 3.45. The highest BCUT2D eigenvalue weighted by molar-refractivity contribution is 5.91. The summed E-state index contributed by atoms with van der Waals surface area (Å²) in [5.74, 6) is -0.886. The van der Waals surface area contributed by atoms with Crippen LogP contribution in [0.4, 0.5) is 11.4 Å². The van der Waals surface area contributed by atoms with Gasteiger partial charge in [0.05, 0.1) is 5.56 Å². The second kappa shape index (κ2) is 5.27. The van der Waals surface area contributed by atoms with E-state index in [4.69, 9.17) is 5.11 Å². The predicted molar refractivity (Wildman–Crippen MR) is 72.8 cm³/mol. The Morgan fingerprint density at radius 2 is 2.06 bits per heavy atom. The van der Waals surface area contributed by atoms with Gasteiger partial charge in [0.25, 0.3) is 0 Å². The molecule has 0 bridgehead atoms. The lowest BCUT2D eigenvalue weighted by Crippen LogP contribution is -2.43. The fourth-order valence-electron chi connectivity index (χ4n) is 2.32. The second-order valence-corrected chi connectivity index (χ2v) is 4.46. The molecule has 1 heterocycles. The number of benzene rings is 1. The van der Waals surface area contributed by atoms with Crippen molar-refractivity contribution in [1.29, 1.82) is 0 Å². The zero-order valence-electron chi connectivity index (χ0n) is 10.8. The number of aromatic carboxylic acids is 1. The minimum Gasteiger partial charge on any atom is -0.478 e. The van der Waals surface area contributed by atoms with Crippen LogP contribution < -0.4 is 15.5 Å². The molecule has 0 spiro atoms. The van der Waals surface area contributed by atoms with Crippen molar-refractivity contribution in [1.82, 2.24) is 5.32 Å². The highest BCUT2D eigenvalue weighted by Crippen LogP contribution is 2.29. The number of nitrogens with zero attached hydrogens (tertiary/aromatic N) is 1. The molecule has 1 saturated heterocycles. The summed E-state index contributed by atoms with van der Waals surface area (Å²) in [5, 5.41) is 15.5. The molecule has 0 radical (unpaired) electrons. The van der Waals surface area contributed by atoms with Gasteiger partial charge >= 0.3 is 5.97 Å². The third-order valence-corrected chi connectivity index (χ3v) is 3.35. The molecule has 5 heteroatoms. The van der Waals surface area contributed by atoms with Gasteiger partial charge in [-0.2, -0.15) is 0 Å². The van der Waals surface area contributed by atoms with Crippen LogP contribution in [0.5, 0.6) is 0 Å². The normalized spacial score (nSPS) is 15.6. The summed E-state index contributed by atoms with van der Waals surface area (Å²) in [6.07, 6.45) is 0. The van der Waals surface area contributed by atoms with E-state index in [0.29, 0.717) is 5.56 Å². The van der Waals surface area contributed by atoms with Crippen LogP contribution in [0.1, 0.15) is 15.9 Å². The van der Waals surface area contributed by atoms with Crippen LogP contribution in [-0.2, 0) is 0 Å². The summed E-state index contributed by atoms with van der Waals surface area (Å²) >= 11 is 0. The van der Waals surface area contributed by atoms with E-state index in [9.17, 15) is 4.79 Å². The van der Waals surface area contributed by atoms with Crippen molar-refractivity contribution in [3.63, 3.8) is 0 Å². The van der Waals surface area contributed by atoms with Gasteiger partial charge in [0.2, 0.25) is 0 Å². The average Bonchev–Trinajstić information content (AvgIpc) is 2.39. The van der Waals surface area contributed by atoms with E-state index in [0.717, 1.165) is 43.1 Å². The van der Waals surface area contributed by atoms with Gasteiger partial charge in [-0.05, 0) is 24.6 Å². The van der Waals surface area contributed by atoms with E-state index in [1.165, 1.54) is 0 Å². The molecule has 0 aromatic heterocycles. The maximum Gasteiger partial charge on any atom is 0.335 e. The molecule has 2 rings (SSSR count). The molecular formula is C13H19N3O2. The Morgan fingerprint density at radius 3 is 2.61 bits per heavy atom. The molecular weight excluding hydrogens is 230 g/mol. The van der Waals surface area contributed by atoms with Crippen molar-refractivity contribution in [2.75, 3.05) is 43.4 Å². The van der Waals surface area contributed by atoms with E-state index >= 15 is 0 Å². The number of carbonyl (C=O) groups is 1. The Balaban J connectivity index is 2.43. The molecule has 1 aliphatic rings. The third kappa shape index (κ3) is 2.41. The zero-order chi connectivity index (χ0) is 13.1. The van der Waals surface area contributed by atoms with Gasteiger partial charge in [0, 0.05) is 44.6 Å². The van der Waals surface area contributed by atoms with Crippen LogP contribution in [0.15, 0.2) is 12.1 Å². The molecule has 0 atom stereocenters. The molecule has 0 unspecified atom stereocenters. The first kappa shape index (κ1) is 12.7. The van der Waals surface area contributed by atoms with E-state index in [2.05, 4.69) is 15.5 Å². The Labute approximate surface area is 107 Å². The van der Waals surface area contributed by atoms with Gasteiger partial charge in [-0.25, -0.2) is 4.79 Å². The first-order chi connectivity index (χ1) is 8.63. The number of carboxylic acid groups (broad SMARTS) is 1. The molecule has 1 fully saturated rings. The Bertz CT molecular complexity index is 454. The fourth-order valence-corrected chi connectivity index (χ4v) is 2.32. The number of hydrogen-bond donors (Lipinski definition) is 3. The molecule has 1 aromatic carbocycles. The van der Waals surface area contributed by atoms with Crippen LogP contribution in [0, 0.1) is 6.92 Å². The molecule has 0 aliphatic carbocycles. The molecule has 1 aliphatic heterocycles. The van der Waals surface area contributed by atoms with Crippen molar-refractivity contribution in [2.45, 2.75) is 6.92 Å². The van der Waals surface area contributed by atoms with Gasteiger partial charge in [0.1, 0.15) is 0 Å².